The van der Waals surface area contributed by atoms with Crippen molar-refractivity contribution < 1.29 is 14.9 Å². The molecule has 0 saturated carbocycles. The summed E-state index contributed by atoms with van der Waals surface area (Å²) < 4.78 is 0. The summed E-state index contributed by atoms with van der Waals surface area (Å²) in [6, 6.07) is 0. The van der Waals surface area contributed by atoms with Gasteiger partial charge >= 0.3 is 5.71 Å². The second kappa shape index (κ2) is 2.12. The van der Waals surface area contributed by atoms with E-state index in [1.807, 2.05) is 0 Å². The van der Waals surface area contributed by atoms with Crippen molar-refractivity contribution in [2.75, 3.05) is 0 Å². The smallest absolute Gasteiger partial charge is 0.314 e. The van der Waals surface area contributed by atoms with Crippen LogP contribution in [-0.2, 0) is 4.89 Å². The average Bonchev–Trinajstić information content (AvgIpc) is 1.38. The van der Waals surface area contributed by atoms with Crippen molar-refractivity contribution in [3.63, 3.8) is 0 Å². The third-order valence-electron chi connectivity index (χ3n) is 0.0821. The van der Waals surface area contributed by atoms with Crippen molar-refractivity contribution in [2.24, 2.45) is 0 Å². The Labute approximate surface area is 31.1 Å². The van der Waals surface area contributed by atoms with E-state index in [4.69, 9.17) is 5.26 Å². The molecule has 0 aromatic heterocycles. The molecular weight excluding hydrogens is 91.0 g/mol. The van der Waals surface area contributed by atoms with Crippen LogP contribution in [0.3, 0.4) is 0 Å². The summed E-state index contributed by atoms with van der Waals surface area (Å²) in [5.41, 5.74) is -0.884. The number of carbonyl (C=O) groups is 1. The fraction of sp³-hybridized carbons (Fsp3) is 0. The standard InChI is InChI=1S/CH3O3P/c2-1(5)4-3/h3H,5H2/p-1. The summed E-state index contributed by atoms with van der Waals surface area (Å²) in [5, 5.41) is 8.76. The Bertz CT molecular complexity index is 42.2. The first-order chi connectivity index (χ1) is 2.27. The summed E-state index contributed by atoms with van der Waals surface area (Å²) in [6.07, 6.45) is 0. The van der Waals surface area contributed by atoms with Gasteiger partial charge in [-0.05, 0) is 9.24 Å². The Hall–Kier alpha value is -0.140. The first-order valence-corrected chi connectivity index (χ1v) is 1.44. The highest BCUT2D eigenvalue weighted by Gasteiger charge is 1.71. The van der Waals surface area contributed by atoms with Crippen LogP contribution >= 0.6 is 9.24 Å². The Kier molecular flexibility index (Phi) is 2.06. The maximum atomic E-state index is 9.24. The maximum absolute atomic E-state index is 9.24. The monoisotopic (exact) mass is 93.0 g/mol. The lowest BCUT2D eigenvalue weighted by atomic mass is 11.6. The Morgan fingerprint density at radius 2 is 2.20 bits per heavy atom. The molecule has 5 heavy (non-hydrogen) atoms. The molecule has 4 heteroatoms. The van der Waals surface area contributed by atoms with Gasteiger partial charge < -0.3 is 10.1 Å². The van der Waals surface area contributed by atoms with Gasteiger partial charge in [0, 0.05) is 0 Å². The minimum Gasteiger partial charge on any atom is -0.661 e. The molecule has 0 rings (SSSR count). The van der Waals surface area contributed by atoms with Crippen molar-refractivity contribution in [1.29, 1.82) is 0 Å². The fourth-order valence-electron chi connectivity index (χ4n) is 0. The van der Waals surface area contributed by atoms with E-state index in [1.165, 1.54) is 0 Å². The largest absolute Gasteiger partial charge is 0.661 e. The predicted molar refractivity (Wildman–Crippen MR) is 16.2 cm³/mol. The summed E-state index contributed by atoms with van der Waals surface area (Å²) >= 11 is 0. The SMILES string of the molecule is O=C(P)O[O-]. The van der Waals surface area contributed by atoms with Crippen LogP contribution < -0.4 is 5.26 Å². The van der Waals surface area contributed by atoms with Gasteiger partial charge in [0.1, 0.15) is 0 Å². The minimum absolute atomic E-state index is 0.884. The topological polar surface area (TPSA) is 49.4 Å². The van der Waals surface area contributed by atoms with Gasteiger partial charge in [-0.2, -0.15) is 0 Å². The van der Waals surface area contributed by atoms with Crippen LogP contribution in [0, 0.1) is 0 Å². The van der Waals surface area contributed by atoms with Crippen molar-refractivity contribution in [1.82, 2.24) is 0 Å². The van der Waals surface area contributed by atoms with Gasteiger partial charge in [0.2, 0.25) is 0 Å². The number of carbonyl (C=O) groups excluding carboxylic acids is 1. The molecule has 3 nitrogen and oxygen atoms in total. The predicted octanol–water partition coefficient (Wildman–Crippen LogP) is -0.727. The van der Waals surface area contributed by atoms with Gasteiger partial charge in [-0.3, -0.25) is 0 Å². The third kappa shape index (κ3) is 3.86. The minimum atomic E-state index is -0.884. The van der Waals surface area contributed by atoms with E-state index in [-0.39, 0.29) is 0 Å². The molecule has 0 bridgehead atoms. The first kappa shape index (κ1) is 4.86. The average molecular weight is 93.0 g/mol. The van der Waals surface area contributed by atoms with Crippen molar-refractivity contribution in [2.45, 2.75) is 0 Å². The highest BCUT2D eigenvalue weighted by atomic mass is 31.0. The summed E-state index contributed by atoms with van der Waals surface area (Å²) in [4.78, 5) is 12.1. The number of hydrogen-bond donors (Lipinski definition) is 0. The second-order valence-electron chi connectivity index (χ2n) is 0.402. The molecule has 1 unspecified atom stereocenters. The quantitative estimate of drug-likeness (QED) is 0.225. The third-order valence-corrected chi connectivity index (χ3v) is 0.178. The molecular formula is CH2O3P-. The lowest BCUT2D eigenvalue weighted by Crippen LogP contribution is -2.05. The molecule has 0 aromatic rings. The maximum Gasteiger partial charge on any atom is 0.314 e. The molecule has 0 aliphatic carbocycles. The lowest BCUT2D eigenvalue weighted by molar-refractivity contribution is -0.650. The van der Waals surface area contributed by atoms with Gasteiger partial charge in [0.25, 0.3) is 0 Å². The number of hydrogen-bond acceptors (Lipinski definition) is 3. The molecule has 0 fully saturated rings. The highest BCUT2D eigenvalue weighted by molar-refractivity contribution is 7.39. The van der Waals surface area contributed by atoms with E-state index in [0.717, 1.165) is 0 Å². The molecule has 0 N–H and O–H groups in total. The normalized spacial score (nSPS) is 6.80. The van der Waals surface area contributed by atoms with Crippen molar-refractivity contribution in [3.8, 4) is 0 Å². The van der Waals surface area contributed by atoms with Crippen LogP contribution in [-0.4, -0.2) is 5.71 Å². The Balaban J connectivity index is 2.85. The van der Waals surface area contributed by atoms with Crippen LogP contribution in [0.4, 0.5) is 4.79 Å². The van der Waals surface area contributed by atoms with Gasteiger partial charge in [-0.1, -0.05) is 0 Å². The Morgan fingerprint density at radius 3 is 2.20 bits per heavy atom. The van der Waals surface area contributed by atoms with Gasteiger partial charge in [0.15, 0.2) is 0 Å². The van der Waals surface area contributed by atoms with Crippen LogP contribution in [0.1, 0.15) is 0 Å². The van der Waals surface area contributed by atoms with E-state index in [0.29, 0.717) is 0 Å². The van der Waals surface area contributed by atoms with E-state index in [9.17, 15) is 4.79 Å². The zero-order valence-corrected chi connectivity index (χ0v) is 3.46. The van der Waals surface area contributed by atoms with E-state index in [1.54, 1.807) is 9.24 Å². The van der Waals surface area contributed by atoms with Gasteiger partial charge in [-0.25, -0.2) is 4.79 Å². The van der Waals surface area contributed by atoms with Gasteiger partial charge in [0.05, 0.1) is 0 Å². The summed E-state index contributed by atoms with van der Waals surface area (Å²) in [6.45, 7) is 0. The zero-order valence-electron chi connectivity index (χ0n) is 2.30. The molecule has 30 valence electrons. The summed E-state index contributed by atoms with van der Waals surface area (Å²) in [5.74, 6) is 0. The van der Waals surface area contributed by atoms with Crippen LogP contribution in [0.2, 0.25) is 0 Å². The fourth-order valence-corrected chi connectivity index (χ4v) is 0. The molecule has 0 radical (unpaired) electrons. The van der Waals surface area contributed by atoms with E-state index in [2.05, 4.69) is 4.89 Å². The molecule has 0 aromatic carbocycles. The summed E-state index contributed by atoms with van der Waals surface area (Å²) in [7, 11) is 1.56. The van der Waals surface area contributed by atoms with Crippen LogP contribution in [0.5, 0.6) is 0 Å². The lowest BCUT2D eigenvalue weighted by Gasteiger charge is -1.96. The zero-order chi connectivity index (χ0) is 4.28. The Morgan fingerprint density at radius 1 is 2.00 bits per heavy atom. The molecule has 0 heterocycles. The molecule has 0 aliphatic rings. The second-order valence-corrected chi connectivity index (χ2v) is 0.874. The first-order valence-electron chi connectivity index (χ1n) is 0.864. The van der Waals surface area contributed by atoms with Crippen LogP contribution in [0.25, 0.3) is 0 Å². The van der Waals surface area contributed by atoms with Gasteiger partial charge in [-0.15, -0.1) is 0 Å². The van der Waals surface area contributed by atoms with Crippen molar-refractivity contribution >= 4 is 15.0 Å². The molecule has 0 spiro atoms. The molecule has 1 atom stereocenters. The van der Waals surface area contributed by atoms with E-state index >= 15 is 0 Å². The molecule has 0 amide bonds. The van der Waals surface area contributed by atoms with E-state index < -0.39 is 5.71 Å². The number of rotatable bonds is 0. The van der Waals surface area contributed by atoms with Crippen molar-refractivity contribution in [3.05, 3.63) is 0 Å². The van der Waals surface area contributed by atoms with Crippen LogP contribution in [0.15, 0.2) is 0 Å². The molecule has 0 saturated heterocycles. The highest BCUT2D eigenvalue weighted by Crippen LogP contribution is 1.81. The molecule has 0 aliphatic heterocycles.